The van der Waals surface area contributed by atoms with Gasteiger partial charge in [-0.25, -0.2) is 0 Å². The van der Waals surface area contributed by atoms with Crippen LogP contribution in [-0.4, -0.2) is 47.2 Å². The topological polar surface area (TPSA) is 76.5 Å². The van der Waals surface area contributed by atoms with Crippen LogP contribution in [0.15, 0.2) is 30.3 Å². The Bertz CT molecular complexity index is 848. The summed E-state index contributed by atoms with van der Waals surface area (Å²) in [6.07, 6.45) is 10.1. The molecule has 2 atom stereocenters. The van der Waals surface area contributed by atoms with Crippen LogP contribution in [0.5, 0.6) is 11.6 Å². The minimum absolute atomic E-state index is 0. The summed E-state index contributed by atoms with van der Waals surface area (Å²) < 4.78 is 12.2. The lowest BCUT2D eigenvalue weighted by molar-refractivity contribution is 0.0512. The van der Waals surface area contributed by atoms with Crippen molar-refractivity contribution in [2.75, 3.05) is 19.7 Å². The van der Waals surface area contributed by atoms with Crippen molar-refractivity contribution in [2.45, 2.75) is 76.9 Å². The van der Waals surface area contributed by atoms with Crippen LogP contribution in [-0.2, 0) is 6.42 Å². The summed E-state index contributed by atoms with van der Waals surface area (Å²) >= 11 is 0. The molecule has 1 saturated heterocycles. The van der Waals surface area contributed by atoms with Crippen LogP contribution in [0.4, 0.5) is 0 Å². The van der Waals surface area contributed by atoms with E-state index >= 15 is 0 Å². The van der Waals surface area contributed by atoms with Crippen LogP contribution >= 0.6 is 24.8 Å². The van der Waals surface area contributed by atoms with E-state index < -0.39 is 0 Å². The summed E-state index contributed by atoms with van der Waals surface area (Å²) in [6.45, 7) is 4.18. The minimum atomic E-state index is -0.378. The Labute approximate surface area is 216 Å². The Balaban J connectivity index is 0.00000204. The molecule has 1 saturated carbocycles. The first-order valence-corrected chi connectivity index (χ1v) is 12.4. The van der Waals surface area contributed by atoms with Crippen molar-refractivity contribution >= 4 is 24.8 Å². The lowest BCUT2D eigenvalue weighted by atomic mass is 9.96. The molecule has 190 valence electrons. The number of aryl methyl sites for hydroxylation is 1. The maximum atomic E-state index is 10.2. The van der Waals surface area contributed by atoms with Crippen molar-refractivity contribution in [3.05, 3.63) is 36.0 Å². The van der Waals surface area contributed by atoms with E-state index in [0.717, 1.165) is 67.6 Å². The fraction of sp³-hybridized carbons (Fsp3) is 0.615. The molecule has 1 aliphatic carbocycles. The molecular weight excluding hydrogens is 473 g/mol. The number of unbranched alkanes of at least 4 members (excludes halogenated alkanes) is 1. The second-order valence-electron chi connectivity index (χ2n) is 9.18. The van der Waals surface area contributed by atoms with E-state index in [9.17, 15) is 5.11 Å². The summed E-state index contributed by atoms with van der Waals surface area (Å²) in [5.41, 5.74) is 3.18. The normalized spacial score (nSPS) is 20.6. The molecule has 0 bridgehead atoms. The quantitative estimate of drug-likeness (QED) is 0.469. The predicted molar refractivity (Wildman–Crippen MR) is 141 cm³/mol. The number of nitrogens with zero attached hydrogens (tertiary/aromatic N) is 2. The summed E-state index contributed by atoms with van der Waals surface area (Å²) in [6, 6.07) is 10.4. The Morgan fingerprint density at radius 1 is 1.03 bits per heavy atom. The molecule has 4 rings (SSSR count). The van der Waals surface area contributed by atoms with Crippen LogP contribution in [0.25, 0.3) is 11.1 Å². The molecule has 2 aliphatic rings. The average Bonchev–Trinajstić information content (AvgIpc) is 2.84. The maximum absolute atomic E-state index is 10.2. The predicted octanol–water partition coefficient (Wildman–Crippen LogP) is 5.39. The molecule has 8 heteroatoms. The molecule has 0 amide bonds. The fourth-order valence-electron chi connectivity index (χ4n) is 4.62. The lowest BCUT2D eigenvalue weighted by Crippen LogP contribution is -2.42. The van der Waals surface area contributed by atoms with Crippen molar-refractivity contribution < 1.29 is 14.6 Å². The smallest absolute Gasteiger partial charge is 0.234 e. The third-order valence-electron chi connectivity index (χ3n) is 6.67. The van der Waals surface area contributed by atoms with E-state index in [4.69, 9.17) is 9.47 Å². The average molecular weight is 513 g/mol. The van der Waals surface area contributed by atoms with Crippen LogP contribution < -0.4 is 14.8 Å². The standard InChI is InChI=1S/C26H37N3O3.2ClH/c1-2-3-9-24-23(16-26(29-28-24)31-18-20-14-15-27-17-25(20)30)19-10-12-22(13-11-19)32-21-7-5-4-6-8-21;;/h10-13,16,20-21,25,27,30H,2-9,14-15,17-18H2,1H3;2*1H/t20-,25-;;/m0../s1. The zero-order valence-corrected chi connectivity index (χ0v) is 21.7. The van der Waals surface area contributed by atoms with E-state index in [1.54, 1.807) is 0 Å². The SMILES string of the molecule is CCCCc1nnc(OC[C@@H]2CCNC[C@@H]2O)cc1-c1ccc(OC2CCCCC2)cc1.Cl.Cl. The van der Waals surface area contributed by atoms with E-state index in [1.165, 1.54) is 19.3 Å². The number of aliphatic hydroxyl groups excluding tert-OH is 1. The molecule has 1 aromatic carbocycles. The summed E-state index contributed by atoms with van der Waals surface area (Å²) in [4.78, 5) is 0. The van der Waals surface area contributed by atoms with E-state index in [1.807, 2.05) is 6.07 Å². The number of rotatable bonds is 9. The third-order valence-corrected chi connectivity index (χ3v) is 6.67. The molecule has 0 radical (unpaired) electrons. The second-order valence-corrected chi connectivity index (χ2v) is 9.18. The second kappa shape index (κ2) is 14.7. The molecule has 1 aromatic heterocycles. The van der Waals surface area contributed by atoms with Gasteiger partial charge in [-0.05, 0) is 69.2 Å². The molecule has 2 heterocycles. The van der Waals surface area contributed by atoms with Crippen molar-refractivity contribution in [1.82, 2.24) is 15.5 Å². The number of hydrogen-bond acceptors (Lipinski definition) is 6. The van der Waals surface area contributed by atoms with Gasteiger partial charge >= 0.3 is 0 Å². The lowest BCUT2D eigenvalue weighted by Gasteiger charge is -2.27. The van der Waals surface area contributed by atoms with Crippen molar-refractivity contribution in [3.8, 4) is 22.8 Å². The summed E-state index contributed by atoms with van der Waals surface area (Å²) in [5, 5.41) is 22.2. The first kappa shape index (κ1) is 28.6. The number of aromatic nitrogens is 2. The van der Waals surface area contributed by atoms with Gasteiger partial charge < -0.3 is 19.9 Å². The monoisotopic (exact) mass is 511 g/mol. The van der Waals surface area contributed by atoms with Gasteiger partial charge in [0.1, 0.15) is 5.75 Å². The molecule has 6 nitrogen and oxygen atoms in total. The number of benzene rings is 1. The van der Waals surface area contributed by atoms with Gasteiger partial charge in [0.15, 0.2) is 0 Å². The van der Waals surface area contributed by atoms with Crippen molar-refractivity contribution in [3.63, 3.8) is 0 Å². The van der Waals surface area contributed by atoms with Gasteiger partial charge in [0, 0.05) is 24.1 Å². The van der Waals surface area contributed by atoms with Crippen LogP contribution in [0, 0.1) is 5.92 Å². The minimum Gasteiger partial charge on any atom is -0.490 e. The van der Waals surface area contributed by atoms with E-state index in [2.05, 4.69) is 46.7 Å². The number of halogens is 2. The first-order chi connectivity index (χ1) is 15.7. The number of hydrogen-bond donors (Lipinski definition) is 2. The van der Waals surface area contributed by atoms with Gasteiger partial charge in [-0.1, -0.05) is 31.9 Å². The highest BCUT2D eigenvalue weighted by atomic mass is 35.5. The molecule has 0 unspecified atom stereocenters. The van der Waals surface area contributed by atoms with Gasteiger partial charge in [-0.3, -0.25) is 0 Å². The number of β-amino-alcohol motifs (C(OH)–C–C–N with tert-alkyl or cyclic N) is 1. The van der Waals surface area contributed by atoms with Crippen molar-refractivity contribution in [2.24, 2.45) is 5.92 Å². The number of piperidine rings is 1. The molecule has 34 heavy (non-hydrogen) atoms. The van der Waals surface area contributed by atoms with Crippen LogP contribution in [0.1, 0.15) is 64.0 Å². The van der Waals surface area contributed by atoms with Gasteiger partial charge in [0.2, 0.25) is 5.88 Å². The maximum Gasteiger partial charge on any atom is 0.234 e. The highest BCUT2D eigenvalue weighted by Gasteiger charge is 2.24. The number of aliphatic hydroxyl groups is 1. The third kappa shape index (κ3) is 7.98. The van der Waals surface area contributed by atoms with Crippen molar-refractivity contribution in [1.29, 1.82) is 0 Å². The van der Waals surface area contributed by atoms with E-state index in [0.29, 0.717) is 25.1 Å². The summed E-state index contributed by atoms with van der Waals surface area (Å²) in [7, 11) is 0. The first-order valence-electron chi connectivity index (χ1n) is 12.4. The Morgan fingerprint density at radius 3 is 2.50 bits per heavy atom. The van der Waals surface area contributed by atoms with Gasteiger partial charge in [0.25, 0.3) is 0 Å². The Kier molecular flexibility index (Phi) is 12.4. The molecule has 2 fully saturated rings. The zero-order chi connectivity index (χ0) is 22.2. The fourth-order valence-corrected chi connectivity index (χ4v) is 4.62. The highest BCUT2D eigenvalue weighted by Crippen LogP contribution is 2.30. The summed E-state index contributed by atoms with van der Waals surface area (Å²) in [5.74, 6) is 1.58. The number of ether oxygens (including phenoxy) is 2. The molecule has 1 aliphatic heterocycles. The Morgan fingerprint density at radius 2 is 1.79 bits per heavy atom. The van der Waals surface area contributed by atoms with Gasteiger partial charge in [0.05, 0.1) is 24.5 Å². The van der Waals surface area contributed by atoms with Crippen LogP contribution in [0.2, 0.25) is 0 Å². The van der Waals surface area contributed by atoms with Gasteiger partial charge in [-0.2, -0.15) is 5.10 Å². The number of nitrogens with one attached hydrogen (secondary N) is 1. The largest absolute Gasteiger partial charge is 0.490 e. The van der Waals surface area contributed by atoms with Crippen LogP contribution in [0.3, 0.4) is 0 Å². The molecule has 0 spiro atoms. The Hall–Kier alpha value is -1.60. The zero-order valence-electron chi connectivity index (χ0n) is 20.1. The van der Waals surface area contributed by atoms with E-state index in [-0.39, 0.29) is 36.8 Å². The molecule has 2 aromatic rings. The molecule has 2 N–H and O–H groups in total. The highest BCUT2D eigenvalue weighted by molar-refractivity contribution is 5.85. The molecular formula is C26H39Cl2N3O3. The van der Waals surface area contributed by atoms with Gasteiger partial charge in [-0.15, -0.1) is 29.9 Å².